The molecule has 94 valence electrons. The standard InChI is InChI=1S/C14H22N2O/c1-2-13(17)14-11(6-3-4-9-15)7-5-8-12(14)10-16/h5,7-8H,2-4,6,9-10,15-16H2,1H3. The minimum absolute atomic E-state index is 0.189. The molecule has 0 aliphatic carbocycles. The number of ketones is 1. The summed E-state index contributed by atoms with van der Waals surface area (Å²) >= 11 is 0. The number of Topliss-reactive ketones (excluding diaryl/α,β-unsaturated/α-hetero) is 1. The van der Waals surface area contributed by atoms with Crippen molar-refractivity contribution < 1.29 is 4.79 Å². The fraction of sp³-hybridized carbons (Fsp3) is 0.500. The van der Waals surface area contributed by atoms with E-state index < -0.39 is 0 Å². The van der Waals surface area contributed by atoms with Crippen molar-refractivity contribution in [1.29, 1.82) is 0 Å². The fourth-order valence-electron chi connectivity index (χ4n) is 2.03. The number of unbranched alkanes of at least 4 members (excludes halogenated alkanes) is 1. The molecule has 0 aliphatic heterocycles. The highest BCUT2D eigenvalue weighted by atomic mass is 16.1. The second kappa shape index (κ2) is 7.20. The Morgan fingerprint density at radius 2 is 1.88 bits per heavy atom. The highest BCUT2D eigenvalue weighted by Gasteiger charge is 2.13. The molecular formula is C14H22N2O. The molecule has 0 fully saturated rings. The lowest BCUT2D eigenvalue weighted by atomic mass is 9.93. The van der Waals surface area contributed by atoms with E-state index in [0.717, 1.165) is 36.0 Å². The van der Waals surface area contributed by atoms with E-state index in [0.29, 0.717) is 19.5 Å². The number of carbonyl (C=O) groups excluding carboxylic acids is 1. The van der Waals surface area contributed by atoms with Crippen LogP contribution in [0.5, 0.6) is 0 Å². The average molecular weight is 234 g/mol. The summed E-state index contributed by atoms with van der Waals surface area (Å²) in [5.74, 6) is 0.189. The first-order valence-corrected chi connectivity index (χ1v) is 6.28. The molecule has 0 saturated carbocycles. The Morgan fingerprint density at radius 1 is 1.18 bits per heavy atom. The monoisotopic (exact) mass is 234 g/mol. The number of rotatable bonds is 7. The topological polar surface area (TPSA) is 69.1 Å². The van der Waals surface area contributed by atoms with Gasteiger partial charge in [0, 0.05) is 18.5 Å². The third-order valence-electron chi connectivity index (χ3n) is 2.96. The molecule has 0 bridgehead atoms. The van der Waals surface area contributed by atoms with Crippen molar-refractivity contribution in [2.24, 2.45) is 11.5 Å². The lowest BCUT2D eigenvalue weighted by Gasteiger charge is -2.12. The quantitative estimate of drug-likeness (QED) is 0.560. The van der Waals surface area contributed by atoms with E-state index in [1.165, 1.54) is 0 Å². The van der Waals surface area contributed by atoms with Gasteiger partial charge in [-0.2, -0.15) is 0 Å². The normalized spacial score (nSPS) is 10.5. The number of hydrogen-bond donors (Lipinski definition) is 2. The van der Waals surface area contributed by atoms with Crippen LogP contribution in [0.2, 0.25) is 0 Å². The molecule has 0 saturated heterocycles. The molecule has 3 heteroatoms. The van der Waals surface area contributed by atoms with Gasteiger partial charge in [-0.1, -0.05) is 25.1 Å². The highest BCUT2D eigenvalue weighted by molar-refractivity contribution is 5.98. The van der Waals surface area contributed by atoms with Crippen LogP contribution in [0.1, 0.15) is 47.7 Å². The van der Waals surface area contributed by atoms with Crippen LogP contribution in [0.25, 0.3) is 0 Å². The van der Waals surface area contributed by atoms with E-state index in [4.69, 9.17) is 11.5 Å². The number of aryl methyl sites for hydroxylation is 1. The van der Waals surface area contributed by atoms with Crippen LogP contribution in [0, 0.1) is 0 Å². The SMILES string of the molecule is CCC(=O)c1c(CN)cccc1CCCCN. The maximum Gasteiger partial charge on any atom is 0.163 e. The van der Waals surface area contributed by atoms with E-state index in [1.807, 2.05) is 25.1 Å². The van der Waals surface area contributed by atoms with Gasteiger partial charge in [0.1, 0.15) is 0 Å². The Bertz CT molecular complexity index is 374. The van der Waals surface area contributed by atoms with Crippen LogP contribution >= 0.6 is 0 Å². The second-order valence-electron chi connectivity index (χ2n) is 4.18. The molecule has 0 atom stereocenters. The summed E-state index contributed by atoms with van der Waals surface area (Å²) in [4.78, 5) is 12.0. The number of hydrogen-bond acceptors (Lipinski definition) is 3. The maximum absolute atomic E-state index is 12.0. The Morgan fingerprint density at radius 3 is 2.47 bits per heavy atom. The smallest absolute Gasteiger partial charge is 0.163 e. The Kier molecular flexibility index (Phi) is 5.87. The zero-order valence-corrected chi connectivity index (χ0v) is 10.5. The van der Waals surface area contributed by atoms with Gasteiger partial charge in [-0.25, -0.2) is 0 Å². The summed E-state index contributed by atoms with van der Waals surface area (Å²) < 4.78 is 0. The first-order chi connectivity index (χ1) is 8.24. The van der Waals surface area contributed by atoms with E-state index in [1.54, 1.807) is 0 Å². The van der Waals surface area contributed by atoms with Crippen molar-refractivity contribution in [1.82, 2.24) is 0 Å². The van der Waals surface area contributed by atoms with Crippen molar-refractivity contribution >= 4 is 5.78 Å². The zero-order valence-electron chi connectivity index (χ0n) is 10.5. The van der Waals surface area contributed by atoms with Crippen LogP contribution in [-0.2, 0) is 13.0 Å². The predicted molar refractivity (Wildman–Crippen MR) is 70.9 cm³/mol. The van der Waals surface area contributed by atoms with Gasteiger partial charge in [-0.05, 0) is 36.9 Å². The van der Waals surface area contributed by atoms with Gasteiger partial charge >= 0.3 is 0 Å². The summed E-state index contributed by atoms with van der Waals surface area (Å²) in [6.45, 7) is 3.01. The Labute approximate surface area is 103 Å². The lowest BCUT2D eigenvalue weighted by molar-refractivity contribution is 0.0986. The van der Waals surface area contributed by atoms with E-state index in [2.05, 4.69) is 0 Å². The van der Waals surface area contributed by atoms with Crippen molar-refractivity contribution in [2.75, 3.05) is 6.54 Å². The largest absolute Gasteiger partial charge is 0.330 e. The maximum atomic E-state index is 12.0. The van der Waals surface area contributed by atoms with Crippen molar-refractivity contribution in [2.45, 2.75) is 39.2 Å². The molecule has 1 rings (SSSR count). The third-order valence-corrected chi connectivity index (χ3v) is 2.96. The molecular weight excluding hydrogens is 212 g/mol. The zero-order chi connectivity index (χ0) is 12.7. The first-order valence-electron chi connectivity index (χ1n) is 6.28. The van der Waals surface area contributed by atoms with E-state index in [-0.39, 0.29) is 5.78 Å². The highest BCUT2D eigenvalue weighted by Crippen LogP contribution is 2.19. The summed E-state index contributed by atoms with van der Waals surface area (Å²) in [5, 5.41) is 0. The molecule has 1 aromatic carbocycles. The molecule has 0 aromatic heterocycles. The number of benzene rings is 1. The molecule has 0 heterocycles. The molecule has 1 aromatic rings. The van der Waals surface area contributed by atoms with Gasteiger partial charge in [0.2, 0.25) is 0 Å². The van der Waals surface area contributed by atoms with Gasteiger partial charge in [0.05, 0.1) is 0 Å². The Hall–Kier alpha value is -1.19. The summed E-state index contributed by atoms with van der Waals surface area (Å²) in [5.41, 5.74) is 14.1. The van der Waals surface area contributed by atoms with Crippen molar-refractivity contribution in [3.8, 4) is 0 Å². The van der Waals surface area contributed by atoms with Crippen molar-refractivity contribution in [3.63, 3.8) is 0 Å². The summed E-state index contributed by atoms with van der Waals surface area (Å²) in [6, 6.07) is 5.94. The number of nitrogens with two attached hydrogens (primary N) is 2. The predicted octanol–water partition coefficient (Wildman–Crippen LogP) is 2.02. The molecule has 0 spiro atoms. The van der Waals surface area contributed by atoms with Gasteiger partial charge < -0.3 is 11.5 Å². The molecule has 0 amide bonds. The van der Waals surface area contributed by atoms with E-state index in [9.17, 15) is 4.79 Å². The van der Waals surface area contributed by atoms with Gasteiger partial charge in [-0.15, -0.1) is 0 Å². The lowest BCUT2D eigenvalue weighted by Crippen LogP contribution is -2.11. The summed E-state index contributed by atoms with van der Waals surface area (Å²) in [7, 11) is 0. The molecule has 0 radical (unpaired) electrons. The Balaban J connectivity index is 2.97. The molecule has 17 heavy (non-hydrogen) atoms. The fourth-order valence-corrected chi connectivity index (χ4v) is 2.03. The molecule has 3 nitrogen and oxygen atoms in total. The first kappa shape index (κ1) is 13.9. The van der Waals surface area contributed by atoms with Crippen LogP contribution in [0.15, 0.2) is 18.2 Å². The van der Waals surface area contributed by atoms with E-state index >= 15 is 0 Å². The van der Waals surface area contributed by atoms with Crippen LogP contribution < -0.4 is 11.5 Å². The average Bonchev–Trinajstić information content (AvgIpc) is 2.37. The minimum atomic E-state index is 0.189. The van der Waals surface area contributed by atoms with Gasteiger partial charge in [0.25, 0.3) is 0 Å². The minimum Gasteiger partial charge on any atom is -0.330 e. The molecule has 0 unspecified atom stereocenters. The van der Waals surface area contributed by atoms with Crippen LogP contribution in [0.4, 0.5) is 0 Å². The number of carbonyl (C=O) groups is 1. The van der Waals surface area contributed by atoms with Crippen molar-refractivity contribution in [3.05, 3.63) is 34.9 Å². The summed E-state index contributed by atoms with van der Waals surface area (Å²) in [6.07, 6.45) is 3.45. The van der Waals surface area contributed by atoms with Gasteiger partial charge in [-0.3, -0.25) is 4.79 Å². The van der Waals surface area contributed by atoms with Gasteiger partial charge in [0.15, 0.2) is 5.78 Å². The van der Waals surface area contributed by atoms with Crippen LogP contribution in [-0.4, -0.2) is 12.3 Å². The third kappa shape index (κ3) is 3.65. The second-order valence-corrected chi connectivity index (χ2v) is 4.18. The van der Waals surface area contributed by atoms with Crippen LogP contribution in [0.3, 0.4) is 0 Å². The molecule has 0 aliphatic rings. The molecule has 4 N–H and O–H groups in total.